The van der Waals surface area contributed by atoms with Gasteiger partial charge >= 0.3 is 0 Å². The minimum atomic E-state index is -0.185. The van der Waals surface area contributed by atoms with Crippen LogP contribution in [0.2, 0.25) is 0 Å². The Labute approximate surface area is 152 Å². The SMILES string of the molecule is [PH-]PP(P)P(P(P([PH-])[PH-])P(P)P)P(P(P)P)P(P)P. The van der Waals surface area contributed by atoms with Gasteiger partial charge in [0.25, 0.3) is 0 Å². The van der Waals surface area contributed by atoms with Gasteiger partial charge in [0.05, 0.1) is 0 Å². The van der Waals surface area contributed by atoms with Gasteiger partial charge in [-0.05, 0) is 34.9 Å². The summed E-state index contributed by atoms with van der Waals surface area (Å²) in [5.41, 5.74) is 0. The molecule has 0 aliphatic heterocycles. The third-order valence-electron chi connectivity index (χ3n) is 1.43. The lowest BCUT2D eigenvalue weighted by molar-refractivity contribution is 4.51. The van der Waals surface area contributed by atoms with Crippen molar-refractivity contribution in [2.45, 2.75) is 0 Å². The molecule has 0 aromatic heterocycles. The topological polar surface area (TPSA) is 0 Å². The van der Waals surface area contributed by atoms with E-state index >= 15 is 0 Å². The molecule has 11 atom stereocenters. The molecule has 0 aromatic carbocycles. The van der Waals surface area contributed by atoms with Crippen molar-refractivity contribution in [3.8, 4) is 0 Å². The minimum Gasteiger partial charge on any atom is -0.553 e. The molecule has 0 fully saturated rings. The Kier molecular flexibility index (Phi) is 21.5. The first-order valence-electron chi connectivity index (χ1n) is 4.13. The quantitative estimate of drug-likeness (QED) is 0.241. The van der Waals surface area contributed by atoms with Gasteiger partial charge in [0.1, 0.15) is 0 Å². The standard InChI is InChI=1S/H18P19/c1-11-16(10)19(17(12(2)3)13(4)5)18(14(6)7)15(8)9/h1-3,11H,4-10H2/q-3. The van der Waals surface area contributed by atoms with Crippen molar-refractivity contribution in [1.82, 2.24) is 0 Å². The molecule has 0 amide bonds. The summed E-state index contributed by atoms with van der Waals surface area (Å²) < 4.78 is 0. The highest BCUT2D eigenvalue weighted by Crippen LogP contribution is 3.28. The van der Waals surface area contributed by atoms with Gasteiger partial charge in [-0.1, -0.05) is 14.0 Å². The van der Waals surface area contributed by atoms with E-state index in [2.05, 4.69) is 89.3 Å². The predicted octanol–water partition coefficient (Wildman–Crippen LogP) is 11.5. The maximum absolute atomic E-state index is 3.96. The molecular formula is H18P19-3. The molecular weight excluding hydrogens is 589 g/mol. The van der Waals surface area contributed by atoms with Crippen molar-refractivity contribution >= 4 is 153 Å². The van der Waals surface area contributed by atoms with E-state index in [-0.39, 0.29) is 55.9 Å². The molecule has 0 bridgehead atoms. The maximum Gasteiger partial charge on any atom is -0.00532 e. The molecule has 0 saturated heterocycles. The van der Waals surface area contributed by atoms with Crippen LogP contribution in [-0.4, -0.2) is 0 Å². The molecule has 0 radical (unpaired) electrons. The smallest absolute Gasteiger partial charge is 0.00532 e. The Balaban J connectivity index is 5.50. The van der Waals surface area contributed by atoms with Crippen molar-refractivity contribution in [3.63, 3.8) is 0 Å². The lowest BCUT2D eigenvalue weighted by atomic mass is 28.6. The van der Waals surface area contributed by atoms with Gasteiger partial charge in [-0.3, -0.25) is 7.96 Å². The van der Waals surface area contributed by atoms with Crippen LogP contribution in [0.25, 0.3) is 0 Å². The Bertz CT molecular complexity index is 188. The van der Waals surface area contributed by atoms with Crippen molar-refractivity contribution < 1.29 is 0 Å². The van der Waals surface area contributed by atoms with Crippen LogP contribution in [0.5, 0.6) is 0 Å². The van der Waals surface area contributed by atoms with Crippen molar-refractivity contribution in [3.05, 3.63) is 0 Å². The Hall–Kier alpha value is 8.17. The molecule has 0 rings (SSSR count). The average molecular weight is 607 g/mol. The molecule has 0 spiro atoms. The molecule has 11 unspecified atom stereocenters. The maximum atomic E-state index is 3.96. The molecule has 0 heterocycles. The number of hydrogen-bond donors (Lipinski definition) is 0. The van der Waals surface area contributed by atoms with Crippen LogP contribution < -0.4 is 0 Å². The summed E-state index contributed by atoms with van der Waals surface area (Å²) in [6.45, 7) is 0.139. The lowest BCUT2D eigenvalue weighted by Gasteiger charge is -2.52. The van der Waals surface area contributed by atoms with Gasteiger partial charge in [0.2, 0.25) is 0 Å². The highest BCUT2D eigenvalue weighted by molar-refractivity contribution is 9.34. The van der Waals surface area contributed by atoms with E-state index in [1.165, 1.54) is 0 Å². The molecule has 0 aliphatic rings. The first-order valence-corrected chi connectivity index (χ1v) is 37.2. The predicted molar refractivity (Wildman–Crippen MR) is 157 cm³/mol. The van der Waals surface area contributed by atoms with E-state index in [1.54, 1.807) is 0 Å². The molecule has 19 heteroatoms. The molecule has 0 nitrogen and oxygen atoms in total. The van der Waals surface area contributed by atoms with Crippen LogP contribution >= 0.6 is 153 Å². The molecule has 0 aliphatic carbocycles. The Morgan fingerprint density at radius 2 is 1.00 bits per heavy atom. The zero-order valence-corrected chi connectivity index (χ0v) is 28.9. The van der Waals surface area contributed by atoms with E-state index in [4.69, 9.17) is 0 Å². The van der Waals surface area contributed by atoms with Gasteiger partial charge in [-0.2, -0.15) is 0 Å². The fourth-order valence-electron chi connectivity index (χ4n) is 0.868. The third-order valence-corrected chi connectivity index (χ3v) is 115. The first-order chi connectivity index (χ1) is 8.64. The second kappa shape index (κ2) is 15.1. The highest BCUT2D eigenvalue weighted by Gasteiger charge is 2.35. The van der Waals surface area contributed by atoms with Crippen LogP contribution in [0.4, 0.5) is 0 Å². The summed E-state index contributed by atoms with van der Waals surface area (Å²) >= 11 is 0. The average Bonchev–Trinajstić information content (AvgIpc) is 2.24. The second-order valence-electron chi connectivity index (χ2n) is 2.71. The van der Waals surface area contributed by atoms with E-state index in [0.29, 0.717) is 0 Å². The van der Waals surface area contributed by atoms with E-state index in [9.17, 15) is 0 Å². The van der Waals surface area contributed by atoms with Crippen molar-refractivity contribution in [2.75, 3.05) is 0 Å². The zero-order valence-electron chi connectivity index (χ0n) is 9.62. The fraction of sp³-hybridized carbons (Fsp3) is 0. The van der Waals surface area contributed by atoms with Gasteiger partial charge in [0, 0.05) is 0 Å². The third kappa shape index (κ3) is 10.5. The summed E-state index contributed by atoms with van der Waals surface area (Å²) in [5.74, 6) is 0. The van der Waals surface area contributed by atoms with E-state index in [0.717, 1.165) is 7.96 Å². The van der Waals surface area contributed by atoms with Gasteiger partial charge in [0.15, 0.2) is 0 Å². The molecule has 116 valence electrons. The Morgan fingerprint density at radius 1 is 0.632 bits per heavy atom. The Morgan fingerprint density at radius 3 is 1.21 bits per heavy atom. The largest absolute Gasteiger partial charge is 0.553 e. The highest BCUT2D eigenvalue weighted by atomic mass is 33.4. The minimum absolute atomic E-state index is 0.0121. The van der Waals surface area contributed by atoms with E-state index < -0.39 is 0 Å². The van der Waals surface area contributed by atoms with Crippen molar-refractivity contribution in [2.24, 2.45) is 0 Å². The zero-order chi connectivity index (χ0) is 15.3. The number of rotatable bonds is 8. The molecule has 0 N–H and O–H groups in total. The van der Waals surface area contributed by atoms with Crippen LogP contribution in [0.3, 0.4) is 0 Å². The monoisotopic (exact) mass is 607 g/mol. The summed E-state index contributed by atoms with van der Waals surface area (Å²) in [6.07, 6.45) is 0. The van der Waals surface area contributed by atoms with Crippen LogP contribution in [0.15, 0.2) is 0 Å². The molecule has 0 aromatic rings. The fourth-order valence-corrected chi connectivity index (χ4v) is 211. The first kappa shape index (κ1) is 27.2. The molecule has 0 saturated carbocycles. The van der Waals surface area contributed by atoms with Gasteiger partial charge in [-0.15, -0.1) is 62.5 Å². The summed E-state index contributed by atoms with van der Waals surface area (Å²) in [7, 11) is 34.5. The summed E-state index contributed by atoms with van der Waals surface area (Å²) in [6, 6.07) is 0. The lowest BCUT2D eigenvalue weighted by Crippen LogP contribution is -1.55. The second-order valence-corrected chi connectivity index (χ2v) is 73.3. The van der Waals surface area contributed by atoms with Crippen LogP contribution in [0, 0.1) is 0 Å². The molecule has 19 heavy (non-hydrogen) atoms. The summed E-state index contributed by atoms with van der Waals surface area (Å²) in [5, 5.41) is 0. The van der Waals surface area contributed by atoms with Gasteiger partial charge < -0.3 is 33.8 Å². The van der Waals surface area contributed by atoms with Crippen molar-refractivity contribution in [1.29, 1.82) is 0 Å². The normalized spacial score (nSPS) is 18.5. The van der Waals surface area contributed by atoms with E-state index in [1.807, 2.05) is 0 Å². The van der Waals surface area contributed by atoms with Crippen LogP contribution in [-0.2, 0) is 0 Å². The van der Waals surface area contributed by atoms with Gasteiger partial charge in [-0.25, -0.2) is 0 Å². The number of hydrogen-bond acceptors (Lipinski definition) is 0. The summed E-state index contributed by atoms with van der Waals surface area (Å²) in [4.78, 5) is 0. The van der Waals surface area contributed by atoms with Crippen LogP contribution in [0.1, 0.15) is 0 Å².